The van der Waals surface area contributed by atoms with Gasteiger partial charge in [-0.15, -0.1) is 0 Å². The first-order valence-corrected chi connectivity index (χ1v) is 4.91. The molecule has 2 aromatic rings. The number of para-hydroxylation sites is 1. The van der Waals surface area contributed by atoms with E-state index in [9.17, 15) is 13.6 Å². The predicted molar refractivity (Wildman–Crippen MR) is 57.2 cm³/mol. The van der Waals surface area contributed by atoms with Gasteiger partial charge in [-0.3, -0.25) is 0 Å². The number of aromatic nitrogens is 2. The summed E-state index contributed by atoms with van der Waals surface area (Å²) in [4.78, 5) is 10.8. The number of aromatic carboxylic acids is 1. The summed E-state index contributed by atoms with van der Waals surface area (Å²) >= 11 is 0. The van der Waals surface area contributed by atoms with Crippen LogP contribution in [0.1, 0.15) is 10.5 Å². The Bertz CT molecular complexity index is 555. The molecule has 7 heteroatoms. The van der Waals surface area contributed by atoms with E-state index in [0.717, 1.165) is 6.20 Å². The third kappa shape index (κ3) is 2.45. The number of alkyl halides is 2. The molecule has 1 aromatic heterocycles. The van der Waals surface area contributed by atoms with E-state index in [0.29, 0.717) is 5.69 Å². The van der Waals surface area contributed by atoms with Crippen LogP contribution < -0.4 is 4.74 Å². The van der Waals surface area contributed by atoms with Crippen molar-refractivity contribution in [3.8, 4) is 11.4 Å². The summed E-state index contributed by atoms with van der Waals surface area (Å²) in [6.07, 6.45) is 1.10. The second kappa shape index (κ2) is 4.82. The highest BCUT2D eigenvalue weighted by molar-refractivity contribution is 5.88. The Kier molecular flexibility index (Phi) is 3.22. The van der Waals surface area contributed by atoms with Crippen molar-refractivity contribution in [1.29, 1.82) is 0 Å². The van der Waals surface area contributed by atoms with Crippen LogP contribution in [0.4, 0.5) is 8.78 Å². The largest absolute Gasteiger partial charge is 0.476 e. The molecule has 0 aliphatic rings. The fourth-order valence-electron chi connectivity index (χ4n) is 1.40. The molecule has 0 atom stereocenters. The average molecular weight is 254 g/mol. The van der Waals surface area contributed by atoms with Gasteiger partial charge in [-0.1, -0.05) is 18.2 Å². The maximum Gasteiger partial charge on any atom is 0.387 e. The molecule has 0 aliphatic heterocycles. The highest BCUT2D eigenvalue weighted by Gasteiger charge is 2.20. The van der Waals surface area contributed by atoms with Crippen molar-refractivity contribution in [3.05, 3.63) is 42.2 Å². The molecule has 1 aromatic carbocycles. The monoisotopic (exact) mass is 254 g/mol. The molecule has 18 heavy (non-hydrogen) atoms. The van der Waals surface area contributed by atoms with Gasteiger partial charge in [0.1, 0.15) is 0 Å². The van der Waals surface area contributed by atoms with Crippen LogP contribution in [0.3, 0.4) is 0 Å². The number of carboxylic acid groups (broad SMARTS) is 1. The summed E-state index contributed by atoms with van der Waals surface area (Å²) < 4.78 is 29.5. The fraction of sp³-hybridized carbons (Fsp3) is 0.0909. The minimum atomic E-state index is -3.10. The fourth-order valence-corrected chi connectivity index (χ4v) is 1.40. The first-order valence-electron chi connectivity index (χ1n) is 4.91. The van der Waals surface area contributed by atoms with Crippen molar-refractivity contribution in [3.63, 3.8) is 0 Å². The second-order valence-electron chi connectivity index (χ2n) is 3.31. The molecule has 2 rings (SSSR count). The van der Waals surface area contributed by atoms with E-state index in [1.165, 1.54) is 4.68 Å². The van der Waals surface area contributed by atoms with Gasteiger partial charge >= 0.3 is 12.6 Å². The number of hydrogen-bond donors (Lipinski definition) is 1. The third-order valence-corrected chi connectivity index (χ3v) is 2.12. The molecule has 0 saturated carbocycles. The highest BCUT2D eigenvalue weighted by Crippen LogP contribution is 2.21. The van der Waals surface area contributed by atoms with E-state index < -0.39 is 24.0 Å². The van der Waals surface area contributed by atoms with E-state index in [4.69, 9.17) is 5.11 Å². The van der Waals surface area contributed by atoms with Gasteiger partial charge < -0.3 is 9.84 Å². The van der Waals surface area contributed by atoms with Gasteiger partial charge in [-0.2, -0.15) is 13.9 Å². The number of benzene rings is 1. The van der Waals surface area contributed by atoms with Crippen molar-refractivity contribution in [2.24, 2.45) is 0 Å². The normalized spacial score (nSPS) is 10.6. The lowest BCUT2D eigenvalue weighted by Crippen LogP contribution is -2.06. The van der Waals surface area contributed by atoms with Crippen LogP contribution in [0.2, 0.25) is 0 Å². The molecule has 5 nitrogen and oxygen atoms in total. The zero-order valence-corrected chi connectivity index (χ0v) is 8.96. The second-order valence-corrected chi connectivity index (χ2v) is 3.31. The maximum atomic E-state index is 12.1. The lowest BCUT2D eigenvalue weighted by Gasteiger charge is -2.00. The molecule has 0 spiro atoms. The van der Waals surface area contributed by atoms with Crippen molar-refractivity contribution < 1.29 is 23.4 Å². The lowest BCUT2D eigenvalue weighted by molar-refractivity contribution is -0.0503. The first kappa shape index (κ1) is 12.0. The number of carbonyl (C=O) groups is 1. The number of nitrogens with zero attached hydrogens (tertiary/aromatic N) is 2. The molecule has 0 unspecified atom stereocenters. The SMILES string of the molecule is O=C(O)c1nn(-c2ccccc2)cc1OC(F)F. The topological polar surface area (TPSA) is 64.3 Å². The molecule has 0 aliphatic carbocycles. The van der Waals surface area contributed by atoms with Crippen molar-refractivity contribution in [2.75, 3.05) is 0 Å². The highest BCUT2D eigenvalue weighted by atomic mass is 19.3. The Labute approximate surface area is 100 Å². The van der Waals surface area contributed by atoms with Gasteiger partial charge in [0.05, 0.1) is 11.9 Å². The smallest absolute Gasteiger partial charge is 0.387 e. The van der Waals surface area contributed by atoms with Gasteiger partial charge in [0.2, 0.25) is 5.69 Å². The van der Waals surface area contributed by atoms with Crippen molar-refractivity contribution in [1.82, 2.24) is 9.78 Å². The quantitative estimate of drug-likeness (QED) is 0.908. The summed E-state index contributed by atoms with van der Waals surface area (Å²) in [7, 11) is 0. The Morgan fingerprint density at radius 3 is 2.56 bits per heavy atom. The molecule has 0 amide bonds. The van der Waals surface area contributed by atoms with E-state index in [-0.39, 0.29) is 0 Å². The zero-order chi connectivity index (χ0) is 13.1. The van der Waals surface area contributed by atoms with Crippen LogP contribution in [-0.4, -0.2) is 27.5 Å². The summed E-state index contributed by atoms with van der Waals surface area (Å²) in [5, 5.41) is 12.5. The molecule has 1 N–H and O–H groups in total. The molecule has 0 saturated heterocycles. The summed E-state index contributed by atoms with van der Waals surface area (Å²) in [6.45, 7) is -3.10. The molecule has 1 heterocycles. The van der Waals surface area contributed by atoms with E-state index in [1.807, 2.05) is 0 Å². The van der Waals surface area contributed by atoms with E-state index >= 15 is 0 Å². The number of hydrogen-bond acceptors (Lipinski definition) is 3. The zero-order valence-electron chi connectivity index (χ0n) is 8.96. The Morgan fingerprint density at radius 2 is 2.00 bits per heavy atom. The van der Waals surface area contributed by atoms with E-state index in [2.05, 4.69) is 9.84 Å². The number of halogens is 2. The molecule has 0 radical (unpaired) electrons. The van der Waals surface area contributed by atoms with Gasteiger partial charge in [0.25, 0.3) is 0 Å². The van der Waals surface area contributed by atoms with Crippen LogP contribution in [0.25, 0.3) is 5.69 Å². The number of rotatable bonds is 4. The Balaban J connectivity index is 2.42. The standard InChI is InChI=1S/C11H8F2N2O3/c12-11(13)18-8-6-15(14-9(8)10(16)17)7-4-2-1-3-5-7/h1-6,11H,(H,16,17). The molecule has 0 bridgehead atoms. The van der Waals surface area contributed by atoms with Gasteiger partial charge in [-0.05, 0) is 12.1 Å². The third-order valence-electron chi connectivity index (χ3n) is 2.12. The van der Waals surface area contributed by atoms with Gasteiger partial charge in [0, 0.05) is 0 Å². The maximum absolute atomic E-state index is 12.1. The summed E-state index contributed by atoms with van der Waals surface area (Å²) in [6, 6.07) is 8.51. The van der Waals surface area contributed by atoms with Crippen molar-refractivity contribution in [2.45, 2.75) is 6.61 Å². The average Bonchev–Trinajstić information content (AvgIpc) is 2.73. The lowest BCUT2D eigenvalue weighted by atomic mass is 10.3. The van der Waals surface area contributed by atoms with Crippen LogP contribution in [0.15, 0.2) is 36.5 Å². The minimum Gasteiger partial charge on any atom is -0.476 e. The number of ether oxygens (including phenoxy) is 1. The Morgan fingerprint density at radius 1 is 1.33 bits per heavy atom. The minimum absolute atomic E-state index is 0.471. The molecule has 0 fully saturated rings. The predicted octanol–water partition coefficient (Wildman–Crippen LogP) is 2.17. The van der Waals surface area contributed by atoms with Crippen LogP contribution in [0.5, 0.6) is 5.75 Å². The van der Waals surface area contributed by atoms with Gasteiger partial charge in [0.15, 0.2) is 5.75 Å². The van der Waals surface area contributed by atoms with Crippen LogP contribution in [-0.2, 0) is 0 Å². The Hall–Kier alpha value is -2.44. The summed E-state index contributed by atoms with van der Waals surface area (Å²) in [5.74, 6) is -1.90. The van der Waals surface area contributed by atoms with E-state index in [1.54, 1.807) is 30.3 Å². The molecular weight excluding hydrogens is 246 g/mol. The summed E-state index contributed by atoms with van der Waals surface area (Å²) in [5.41, 5.74) is -0.0109. The van der Waals surface area contributed by atoms with Crippen LogP contribution >= 0.6 is 0 Å². The van der Waals surface area contributed by atoms with Crippen LogP contribution in [0, 0.1) is 0 Å². The first-order chi connectivity index (χ1) is 8.58. The number of carboxylic acids is 1. The van der Waals surface area contributed by atoms with Crippen molar-refractivity contribution >= 4 is 5.97 Å². The van der Waals surface area contributed by atoms with Gasteiger partial charge in [-0.25, -0.2) is 9.48 Å². The molecule has 94 valence electrons. The molecular formula is C11H8F2N2O3.